The number of aromatic amines is 1. The van der Waals surface area contributed by atoms with Gasteiger partial charge in [0.25, 0.3) is 4.83 Å². The van der Waals surface area contributed by atoms with E-state index in [2.05, 4.69) is 4.98 Å². The molecule has 0 saturated heterocycles. The van der Waals surface area contributed by atoms with Crippen LogP contribution in [0.15, 0.2) is 0 Å². The molecule has 0 radical (unpaired) electrons. The fourth-order valence-corrected chi connectivity index (χ4v) is 5.07. The van der Waals surface area contributed by atoms with Gasteiger partial charge in [-0.3, -0.25) is 0 Å². The van der Waals surface area contributed by atoms with Crippen molar-refractivity contribution in [2.75, 3.05) is 5.73 Å². The third-order valence-corrected chi connectivity index (χ3v) is 5.96. The molecule has 2 aliphatic rings. The van der Waals surface area contributed by atoms with Crippen molar-refractivity contribution in [2.24, 2.45) is 0 Å². The van der Waals surface area contributed by atoms with E-state index in [-0.39, 0.29) is 0 Å². The fourth-order valence-electron chi connectivity index (χ4n) is 3.74. The molecule has 0 fully saturated rings. The number of rotatable bonds is 0. The van der Waals surface area contributed by atoms with Crippen LogP contribution in [0.5, 0.6) is 0 Å². The molecule has 0 unspecified atom stereocenters. The smallest absolute Gasteiger partial charge is 0.270 e. The molecule has 2 heterocycles. The van der Waals surface area contributed by atoms with Crippen LogP contribution >= 0.6 is 11.3 Å². The Morgan fingerprint density at radius 2 is 1.58 bits per heavy atom. The molecule has 2 aromatic heterocycles. The second kappa shape index (κ2) is 4.48. The number of hydrogen-bond acceptors (Lipinski definition) is 2. The minimum Gasteiger partial charge on any atom is -0.398 e. The Hall–Kier alpha value is -1.09. The Morgan fingerprint density at radius 1 is 0.842 bits per heavy atom. The highest BCUT2D eigenvalue weighted by atomic mass is 32.1. The Labute approximate surface area is 118 Å². The average molecular weight is 273 g/mol. The first-order chi connectivity index (χ1) is 9.34. The fraction of sp³-hybridized carbons (Fsp3) is 0.562. The topological polar surface area (TPSA) is 40.2 Å². The average Bonchev–Trinajstić information content (AvgIpc) is 2.62. The molecule has 3 N–H and O–H groups in total. The van der Waals surface area contributed by atoms with E-state index >= 15 is 0 Å². The number of anilines is 1. The predicted molar refractivity (Wildman–Crippen MR) is 80.7 cm³/mol. The molecule has 2 nitrogen and oxygen atoms in total. The van der Waals surface area contributed by atoms with Gasteiger partial charge in [-0.15, -0.1) is 0 Å². The number of aromatic nitrogens is 1. The van der Waals surface area contributed by atoms with Crippen molar-refractivity contribution in [3.8, 4) is 0 Å². The van der Waals surface area contributed by atoms with Crippen LogP contribution in [0.2, 0.25) is 0 Å². The monoisotopic (exact) mass is 273 g/mol. The van der Waals surface area contributed by atoms with E-state index in [1.807, 2.05) is 11.3 Å². The van der Waals surface area contributed by atoms with E-state index < -0.39 is 0 Å². The van der Waals surface area contributed by atoms with E-state index in [1.54, 1.807) is 10.4 Å². The van der Waals surface area contributed by atoms with E-state index in [9.17, 15) is 0 Å². The molecule has 0 aromatic carbocycles. The molecule has 100 valence electrons. The summed E-state index contributed by atoms with van der Waals surface area (Å²) in [6.07, 6.45) is 11.5. The molecule has 0 amide bonds. The summed E-state index contributed by atoms with van der Waals surface area (Å²) in [5.41, 5.74) is 12.0. The van der Waals surface area contributed by atoms with Crippen molar-refractivity contribution in [3.05, 3.63) is 21.7 Å². The first-order valence-electron chi connectivity index (χ1n) is 7.61. The van der Waals surface area contributed by atoms with Crippen LogP contribution < -0.4 is 10.7 Å². The normalized spacial score (nSPS) is 18.9. The Kier molecular flexibility index (Phi) is 2.76. The third kappa shape index (κ3) is 1.78. The number of pyridine rings is 1. The molecular weight excluding hydrogens is 252 g/mol. The molecule has 0 saturated carbocycles. The Balaban J connectivity index is 1.99. The molecule has 4 rings (SSSR count). The van der Waals surface area contributed by atoms with Gasteiger partial charge in [0, 0.05) is 16.9 Å². The number of H-pyrrole nitrogens is 1. The summed E-state index contributed by atoms with van der Waals surface area (Å²) in [5.74, 6) is 0. The Morgan fingerprint density at radius 3 is 2.53 bits per heavy atom. The lowest BCUT2D eigenvalue weighted by atomic mass is 9.92. The summed E-state index contributed by atoms with van der Waals surface area (Å²) in [6.45, 7) is 0. The van der Waals surface area contributed by atoms with Gasteiger partial charge in [-0.25, -0.2) is 0 Å². The summed E-state index contributed by atoms with van der Waals surface area (Å²) in [4.78, 5) is 6.64. The number of thiophene rings is 1. The first-order valence-corrected chi connectivity index (χ1v) is 8.43. The molecule has 0 atom stereocenters. The van der Waals surface area contributed by atoms with Crippen LogP contribution in [0.25, 0.3) is 10.2 Å². The lowest BCUT2D eigenvalue weighted by molar-refractivity contribution is -0.356. The zero-order valence-corrected chi connectivity index (χ0v) is 12.2. The van der Waals surface area contributed by atoms with Gasteiger partial charge in [0.2, 0.25) is 0 Å². The lowest BCUT2D eigenvalue weighted by Gasteiger charge is -2.13. The number of hydrogen-bond donors (Lipinski definition) is 1. The second-order valence-electron chi connectivity index (χ2n) is 5.97. The van der Waals surface area contributed by atoms with Crippen LogP contribution in [0.3, 0.4) is 0 Å². The zero-order chi connectivity index (χ0) is 12.8. The van der Waals surface area contributed by atoms with Crippen molar-refractivity contribution in [1.29, 1.82) is 0 Å². The third-order valence-electron chi connectivity index (χ3n) is 4.75. The summed E-state index contributed by atoms with van der Waals surface area (Å²) in [7, 11) is 0. The largest absolute Gasteiger partial charge is 0.398 e. The van der Waals surface area contributed by atoms with E-state index in [4.69, 9.17) is 5.73 Å². The first kappa shape index (κ1) is 11.7. The SMILES string of the molecule is Nc1c2c([nH+]c3sc4c(c13)CCCCC4)CCCC2. The van der Waals surface area contributed by atoms with Gasteiger partial charge in [-0.2, -0.15) is 4.98 Å². The number of nitrogens with two attached hydrogens (primary N) is 1. The second-order valence-corrected chi connectivity index (χ2v) is 7.08. The maximum atomic E-state index is 6.55. The highest BCUT2D eigenvalue weighted by molar-refractivity contribution is 7.18. The van der Waals surface area contributed by atoms with Crippen molar-refractivity contribution in [3.63, 3.8) is 0 Å². The molecule has 0 aliphatic heterocycles. The number of aryl methyl sites for hydroxylation is 3. The molecule has 19 heavy (non-hydrogen) atoms. The van der Waals surface area contributed by atoms with Gasteiger partial charge in [-0.05, 0) is 50.5 Å². The van der Waals surface area contributed by atoms with E-state index in [0.29, 0.717) is 0 Å². The van der Waals surface area contributed by atoms with Crippen molar-refractivity contribution < 1.29 is 4.98 Å². The molecular formula is C16H21N2S+. The molecule has 2 aliphatic carbocycles. The predicted octanol–water partition coefficient (Wildman–Crippen LogP) is 3.45. The van der Waals surface area contributed by atoms with Crippen LogP contribution in [-0.2, 0) is 25.7 Å². The van der Waals surface area contributed by atoms with Crippen molar-refractivity contribution in [2.45, 2.75) is 57.8 Å². The summed E-state index contributed by atoms with van der Waals surface area (Å²) in [5, 5.41) is 1.38. The Bertz CT molecular complexity index is 642. The maximum absolute atomic E-state index is 6.55. The van der Waals surface area contributed by atoms with Crippen molar-refractivity contribution >= 4 is 27.2 Å². The van der Waals surface area contributed by atoms with Gasteiger partial charge in [0.1, 0.15) is 0 Å². The molecule has 0 bridgehead atoms. The van der Waals surface area contributed by atoms with E-state index in [0.717, 1.165) is 12.1 Å². The molecule has 3 heteroatoms. The van der Waals surface area contributed by atoms with Gasteiger partial charge in [0.05, 0.1) is 11.1 Å². The standard InChI is InChI=1S/C16H20N2S/c17-15-10-6-4-5-8-12(10)18-16-14(15)11-7-2-1-3-9-13(11)19-16/h1-9H2,(H2,17,18)/p+1. The lowest BCUT2D eigenvalue weighted by Crippen LogP contribution is -2.20. The van der Waals surface area contributed by atoms with Gasteiger partial charge in [-0.1, -0.05) is 17.8 Å². The van der Waals surface area contributed by atoms with Crippen LogP contribution in [0.4, 0.5) is 5.69 Å². The van der Waals surface area contributed by atoms with Gasteiger partial charge >= 0.3 is 0 Å². The number of fused-ring (bicyclic) bond motifs is 4. The maximum Gasteiger partial charge on any atom is 0.270 e. The minimum absolute atomic E-state index is 1.10. The summed E-state index contributed by atoms with van der Waals surface area (Å²) < 4.78 is 0. The quantitative estimate of drug-likeness (QED) is 0.734. The summed E-state index contributed by atoms with van der Waals surface area (Å²) >= 11 is 1.96. The highest BCUT2D eigenvalue weighted by Gasteiger charge is 2.26. The molecule has 2 aromatic rings. The molecule has 0 spiro atoms. The number of nitrogen functional groups attached to an aromatic ring is 1. The highest BCUT2D eigenvalue weighted by Crippen LogP contribution is 2.39. The van der Waals surface area contributed by atoms with E-state index in [1.165, 1.54) is 72.8 Å². The number of nitrogens with one attached hydrogen (secondary N) is 1. The zero-order valence-electron chi connectivity index (χ0n) is 11.3. The van der Waals surface area contributed by atoms with Crippen LogP contribution in [0, 0.1) is 0 Å². The van der Waals surface area contributed by atoms with Crippen LogP contribution in [-0.4, -0.2) is 0 Å². The van der Waals surface area contributed by atoms with Gasteiger partial charge in [0.15, 0.2) is 5.69 Å². The van der Waals surface area contributed by atoms with Crippen LogP contribution in [0.1, 0.15) is 53.8 Å². The minimum atomic E-state index is 1.10. The van der Waals surface area contributed by atoms with Gasteiger partial charge < -0.3 is 5.73 Å². The van der Waals surface area contributed by atoms with Crippen molar-refractivity contribution in [1.82, 2.24) is 0 Å². The summed E-state index contributed by atoms with van der Waals surface area (Å²) in [6, 6.07) is 0.